The van der Waals surface area contributed by atoms with Crippen molar-refractivity contribution in [3.05, 3.63) is 0 Å². The number of rotatable bonds is 3. The SMILES string of the molecule is CC(O)(CO)COC(=O)O. The van der Waals surface area contributed by atoms with E-state index in [1.54, 1.807) is 0 Å². The molecule has 5 nitrogen and oxygen atoms in total. The quantitative estimate of drug-likeness (QED) is 0.469. The molecule has 0 amide bonds. The third-order valence-electron chi connectivity index (χ3n) is 0.847. The van der Waals surface area contributed by atoms with Gasteiger partial charge in [0, 0.05) is 0 Å². The van der Waals surface area contributed by atoms with Crippen LogP contribution in [0.5, 0.6) is 0 Å². The topological polar surface area (TPSA) is 87.0 Å². The van der Waals surface area contributed by atoms with Crippen molar-refractivity contribution in [2.45, 2.75) is 12.5 Å². The van der Waals surface area contributed by atoms with Crippen LogP contribution in [0.4, 0.5) is 4.79 Å². The zero-order valence-corrected chi connectivity index (χ0v) is 5.57. The molecule has 0 radical (unpaired) electrons. The maximum absolute atomic E-state index is 9.75. The van der Waals surface area contributed by atoms with E-state index in [0.717, 1.165) is 0 Å². The second-order valence-corrected chi connectivity index (χ2v) is 2.21. The molecular weight excluding hydrogens is 140 g/mol. The molecule has 0 saturated heterocycles. The van der Waals surface area contributed by atoms with Crippen molar-refractivity contribution in [3.8, 4) is 0 Å². The van der Waals surface area contributed by atoms with Crippen molar-refractivity contribution in [3.63, 3.8) is 0 Å². The predicted octanol–water partition coefficient (Wildman–Crippen LogP) is -0.576. The summed E-state index contributed by atoms with van der Waals surface area (Å²) in [6, 6.07) is 0. The molecule has 1 unspecified atom stereocenters. The highest BCUT2D eigenvalue weighted by Gasteiger charge is 2.20. The first kappa shape index (κ1) is 9.19. The molecule has 0 fully saturated rings. The molecule has 3 N–H and O–H groups in total. The van der Waals surface area contributed by atoms with Gasteiger partial charge in [-0.1, -0.05) is 0 Å². The predicted molar refractivity (Wildman–Crippen MR) is 31.7 cm³/mol. The number of hydrogen-bond donors (Lipinski definition) is 3. The molecule has 0 aliphatic heterocycles. The molecular formula is C5H10O5. The first-order chi connectivity index (χ1) is 4.48. The second-order valence-electron chi connectivity index (χ2n) is 2.21. The summed E-state index contributed by atoms with van der Waals surface area (Å²) in [5, 5.41) is 25.3. The van der Waals surface area contributed by atoms with E-state index in [9.17, 15) is 4.79 Å². The number of hydrogen-bond acceptors (Lipinski definition) is 4. The van der Waals surface area contributed by atoms with Gasteiger partial charge < -0.3 is 20.1 Å². The third-order valence-corrected chi connectivity index (χ3v) is 0.847. The van der Waals surface area contributed by atoms with E-state index in [1.807, 2.05) is 0 Å². The van der Waals surface area contributed by atoms with E-state index in [-0.39, 0.29) is 0 Å². The fourth-order valence-corrected chi connectivity index (χ4v) is 0.263. The Morgan fingerprint density at radius 3 is 2.50 bits per heavy atom. The second kappa shape index (κ2) is 3.38. The van der Waals surface area contributed by atoms with E-state index >= 15 is 0 Å². The van der Waals surface area contributed by atoms with Crippen LogP contribution in [0.25, 0.3) is 0 Å². The van der Waals surface area contributed by atoms with Gasteiger partial charge >= 0.3 is 6.16 Å². The molecule has 0 aliphatic carbocycles. The maximum atomic E-state index is 9.75. The molecule has 10 heavy (non-hydrogen) atoms. The number of ether oxygens (including phenoxy) is 1. The van der Waals surface area contributed by atoms with Gasteiger partial charge in [-0.3, -0.25) is 0 Å². The van der Waals surface area contributed by atoms with Crippen LogP contribution in [0, 0.1) is 0 Å². The van der Waals surface area contributed by atoms with Crippen molar-refractivity contribution in [2.24, 2.45) is 0 Å². The molecule has 0 saturated carbocycles. The lowest BCUT2D eigenvalue weighted by atomic mass is 10.1. The Bertz CT molecular complexity index is 119. The molecule has 0 aromatic carbocycles. The fourth-order valence-electron chi connectivity index (χ4n) is 0.263. The molecule has 0 bridgehead atoms. The lowest BCUT2D eigenvalue weighted by molar-refractivity contribution is -0.0532. The van der Waals surface area contributed by atoms with E-state index in [0.29, 0.717) is 0 Å². The van der Waals surface area contributed by atoms with E-state index in [1.165, 1.54) is 6.92 Å². The smallest absolute Gasteiger partial charge is 0.450 e. The molecule has 0 aromatic rings. The minimum Gasteiger partial charge on any atom is -0.450 e. The molecule has 0 aromatic heterocycles. The summed E-state index contributed by atoms with van der Waals surface area (Å²) in [4.78, 5) is 9.75. The summed E-state index contributed by atoms with van der Waals surface area (Å²) < 4.78 is 4.00. The summed E-state index contributed by atoms with van der Waals surface area (Å²) in [5.74, 6) is 0. The highest BCUT2D eigenvalue weighted by atomic mass is 16.7. The Morgan fingerprint density at radius 1 is 1.70 bits per heavy atom. The van der Waals surface area contributed by atoms with Gasteiger partial charge in [0.2, 0.25) is 0 Å². The van der Waals surface area contributed by atoms with Gasteiger partial charge in [-0.2, -0.15) is 0 Å². The van der Waals surface area contributed by atoms with E-state index < -0.39 is 25.0 Å². The number of aliphatic hydroxyl groups excluding tert-OH is 1. The van der Waals surface area contributed by atoms with Crippen molar-refractivity contribution in [1.29, 1.82) is 0 Å². The molecule has 0 heterocycles. The summed E-state index contributed by atoms with van der Waals surface area (Å²) in [6.45, 7) is 0.328. The normalized spacial score (nSPS) is 15.9. The van der Waals surface area contributed by atoms with Crippen LogP contribution in [-0.4, -0.2) is 40.3 Å². The lowest BCUT2D eigenvalue weighted by Gasteiger charge is -2.18. The standard InChI is InChI=1S/C5H10O5/c1-5(9,2-6)3-10-4(7)8/h6,9H,2-3H2,1H3,(H,7,8). The number of aliphatic hydroxyl groups is 2. The van der Waals surface area contributed by atoms with Crippen molar-refractivity contribution >= 4 is 6.16 Å². The number of carbonyl (C=O) groups is 1. The van der Waals surface area contributed by atoms with Gasteiger partial charge in [0.1, 0.15) is 12.2 Å². The molecule has 0 rings (SSSR count). The Labute approximate surface area is 57.9 Å². The first-order valence-corrected chi connectivity index (χ1v) is 2.67. The maximum Gasteiger partial charge on any atom is 0.505 e. The van der Waals surface area contributed by atoms with E-state index in [2.05, 4.69) is 4.74 Å². The zero-order valence-electron chi connectivity index (χ0n) is 5.57. The minimum absolute atomic E-state index is 0.418. The van der Waals surface area contributed by atoms with Crippen LogP contribution >= 0.6 is 0 Å². The van der Waals surface area contributed by atoms with Crippen LogP contribution in [0.2, 0.25) is 0 Å². The van der Waals surface area contributed by atoms with Gasteiger partial charge in [-0.25, -0.2) is 4.79 Å². The number of carboxylic acid groups (broad SMARTS) is 1. The van der Waals surface area contributed by atoms with Crippen molar-refractivity contribution < 1.29 is 24.9 Å². The van der Waals surface area contributed by atoms with Crippen molar-refractivity contribution in [2.75, 3.05) is 13.2 Å². The fraction of sp³-hybridized carbons (Fsp3) is 0.800. The monoisotopic (exact) mass is 150 g/mol. The average Bonchev–Trinajstić information content (AvgIpc) is 1.85. The van der Waals surface area contributed by atoms with Gasteiger partial charge in [0.15, 0.2) is 0 Å². The molecule has 60 valence electrons. The highest BCUT2D eigenvalue weighted by Crippen LogP contribution is 2.01. The van der Waals surface area contributed by atoms with Gasteiger partial charge in [-0.15, -0.1) is 0 Å². The molecule has 0 aliphatic rings. The van der Waals surface area contributed by atoms with Crippen LogP contribution in [-0.2, 0) is 4.74 Å². The molecule has 1 atom stereocenters. The Morgan fingerprint density at radius 2 is 2.20 bits per heavy atom. The molecule has 0 spiro atoms. The minimum atomic E-state index is -1.47. The largest absolute Gasteiger partial charge is 0.505 e. The average molecular weight is 150 g/mol. The summed E-state index contributed by atoms with van der Waals surface area (Å²) in [5.41, 5.74) is -1.47. The zero-order chi connectivity index (χ0) is 8.20. The Balaban J connectivity index is 3.56. The van der Waals surface area contributed by atoms with Crippen molar-refractivity contribution in [1.82, 2.24) is 0 Å². The summed E-state index contributed by atoms with van der Waals surface area (Å²) in [7, 11) is 0. The van der Waals surface area contributed by atoms with Crippen LogP contribution in [0.15, 0.2) is 0 Å². The lowest BCUT2D eigenvalue weighted by Crippen LogP contribution is -2.35. The first-order valence-electron chi connectivity index (χ1n) is 2.67. The van der Waals surface area contributed by atoms with E-state index in [4.69, 9.17) is 15.3 Å². The summed E-state index contributed by atoms with van der Waals surface area (Å²) >= 11 is 0. The van der Waals surface area contributed by atoms with Crippen LogP contribution in [0.1, 0.15) is 6.92 Å². The molecule has 5 heteroatoms. The van der Waals surface area contributed by atoms with Crippen LogP contribution < -0.4 is 0 Å². The summed E-state index contributed by atoms with van der Waals surface area (Å²) in [6.07, 6.45) is -1.46. The van der Waals surface area contributed by atoms with Crippen LogP contribution in [0.3, 0.4) is 0 Å². The Kier molecular flexibility index (Phi) is 3.11. The highest BCUT2D eigenvalue weighted by molar-refractivity contribution is 5.56. The van der Waals surface area contributed by atoms with Gasteiger partial charge in [0.25, 0.3) is 0 Å². The van der Waals surface area contributed by atoms with Gasteiger partial charge in [-0.05, 0) is 6.92 Å². The third kappa shape index (κ3) is 4.11. The van der Waals surface area contributed by atoms with Gasteiger partial charge in [0.05, 0.1) is 6.61 Å². The Hall–Kier alpha value is -0.810.